The fourth-order valence-electron chi connectivity index (χ4n) is 1.81. The van der Waals surface area contributed by atoms with Crippen LogP contribution in [-0.2, 0) is 18.9 Å². The minimum Gasteiger partial charge on any atom is -0.305 e. The molecule has 1 unspecified atom stereocenters. The molecule has 1 rings (SSSR count). The first-order valence-electron chi connectivity index (χ1n) is 6.93. The highest BCUT2D eigenvalue weighted by atomic mass is 35.5. The molecular weight excluding hydrogens is 382 g/mol. The minimum atomic E-state index is -3.62. The number of nitrogens with zero attached hydrogens (tertiary/aromatic N) is 1. The van der Waals surface area contributed by atoms with Crippen molar-refractivity contribution in [2.75, 3.05) is 37.2 Å². The Morgan fingerprint density at radius 3 is 2.17 bits per heavy atom. The summed E-state index contributed by atoms with van der Waals surface area (Å²) in [6.45, 7) is 2.08. The summed E-state index contributed by atoms with van der Waals surface area (Å²) in [5.74, 6) is 0.110. The van der Waals surface area contributed by atoms with Crippen LogP contribution in [0.3, 0.4) is 0 Å². The topological polar surface area (TPSA) is 89.7 Å². The van der Waals surface area contributed by atoms with Gasteiger partial charge in [0.15, 0.2) is 9.84 Å². The molecule has 0 radical (unpaired) electrons. The average molecular weight is 403 g/mol. The molecular formula is C13H21Cl2N2O4PS. The molecule has 0 spiro atoms. The molecule has 0 aliphatic carbocycles. The zero-order chi connectivity index (χ0) is 17.5. The van der Waals surface area contributed by atoms with Gasteiger partial charge < -0.3 is 4.52 Å². The van der Waals surface area contributed by atoms with Crippen LogP contribution in [0.2, 0.25) is 0 Å². The summed E-state index contributed by atoms with van der Waals surface area (Å²) in [6.07, 6.45) is 0. The molecule has 132 valence electrons. The van der Waals surface area contributed by atoms with Crippen LogP contribution in [0.25, 0.3) is 0 Å². The van der Waals surface area contributed by atoms with Crippen LogP contribution in [0.1, 0.15) is 5.56 Å². The van der Waals surface area contributed by atoms with Crippen LogP contribution in [-0.4, -0.2) is 50.3 Å². The highest BCUT2D eigenvalue weighted by molar-refractivity contribution is 7.91. The summed E-state index contributed by atoms with van der Waals surface area (Å²) >= 11 is 11.2. The first kappa shape index (κ1) is 20.9. The van der Waals surface area contributed by atoms with Crippen LogP contribution in [0.5, 0.6) is 0 Å². The minimum absolute atomic E-state index is 0.192. The second-order valence-corrected chi connectivity index (χ2v) is 9.68. The zero-order valence-corrected chi connectivity index (χ0v) is 16.0. The lowest BCUT2D eigenvalue weighted by atomic mass is 10.2. The Kier molecular flexibility index (Phi) is 8.52. The van der Waals surface area contributed by atoms with Gasteiger partial charge in [0.2, 0.25) is 0 Å². The molecule has 0 saturated carbocycles. The maximum absolute atomic E-state index is 12.3. The largest absolute Gasteiger partial charge is 0.340 e. The third-order valence-corrected chi connectivity index (χ3v) is 6.86. The molecule has 23 heavy (non-hydrogen) atoms. The Balaban J connectivity index is 2.66. The van der Waals surface area contributed by atoms with Gasteiger partial charge in [0.1, 0.15) is 0 Å². The second-order valence-electron chi connectivity index (χ2n) is 4.86. The SMILES string of the molecule is Cc1ccc(S(=O)(=O)CCOP(N)(=O)N(CCCl)CCCl)cc1. The van der Waals surface area contributed by atoms with E-state index in [-0.39, 0.29) is 42.1 Å². The Morgan fingerprint density at radius 1 is 1.17 bits per heavy atom. The molecule has 1 aromatic carbocycles. The molecule has 0 fully saturated rings. The van der Waals surface area contributed by atoms with E-state index >= 15 is 0 Å². The maximum Gasteiger partial charge on any atom is 0.340 e. The fourth-order valence-corrected chi connectivity index (χ4v) is 4.94. The van der Waals surface area contributed by atoms with Gasteiger partial charge in [0.25, 0.3) is 0 Å². The van der Waals surface area contributed by atoms with Crippen LogP contribution in [0.4, 0.5) is 0 Å². The Morgan fingerprint density at radius 2 is 1.70 bits per heavy atom. The van der Waals surface area contributed by atoms with Gasteiger partial charge in [-0.25, -0.2) is 18.6 Å². The molecule has 6 nitrogen and oxygen atoms in total. The third kappa shape index (κ3) is 6.70. The number of sulfone groups is 1. The number of benzene rings is 1. The second kappa shape index (κ2) is 9.37. The Bertz CT molecular complexity index is 634. The summed E-state index contributed by atoms with van der Waals surface area (Å²) in [5.41, 5.74) is 6.63. The van der Waals surface area contributed by atoms with Crippen molar-refractivity contribution in [2.45, 2.75) is 11.8 Å². The van der Waals surface area contributed by atoms with Crippen LogP contribution >= 0.6 is 30.9 Å². The van der Waals surface area contributed by atoms with E-state index in [9.17, 15) is 13.0 Å². The summed E-state index contributed by atoms with van der Waals surface area (Å²) in [7, 11) is -7.14. The van der Waals surface area contributed by atoms with Crippen molar-refractivity contribution in [3.8, 4) is 0 Å². The zero-order valence-electron chi connectivity index (χ0n) is 12.8. The lowest BCUT2D eigenvalue weighted by molar-refractivity contribution is 0.280. The van der Waals surface area contributed by atoms with E-state index in [1.807, 2.05) is 6.92 Å². The smallest absolute Gasteiger partial charge is 0.305 e. The molecule has 0 bridgehead atoms. The lowest BCUT2D eigenvalue weighted by Gasteiger charge is -2.26. The van der Waals surface area contributed by atoms with Gasteiger partial charge in [-0.05, 0) is 19.1 Å². The van der Waals surface area contributed by atoms with Gasteiger partial charge in [-0.2, -0.15) is 0 Å². The highest BCUT2D eigenvalue weighted by Gasteiger charge is 2.27. The molecule has 10 heteroatoms. The van der Waals surface area contributed by atoms with Crippen molar-refractivity contribution < 1.29 is 17.5 Å². The van der Waals surface area contributed by atoms with Crippen molar-refractivity contribution in [2.24, 2.45) is 5.50 Å². The van der Waals surface area contributed by atoms with Crippen molar-refractivity contribution in [1.29, 1.82) is 0 Å². The third-order valence-electron chi connectivity index (χ3n) is 3.09. The van der Waals surface area contributed by atoms with E-state index in [1.54, 1.807) is 12.1 Å². The number of halogens is 2. The number of alkyl halides is 2. The van der Waals surface area contributed by atoms with Gasteiger partial charge >= 0.3 is 7.67 Å². The highest BCUT2D eigenvalue weighted by Crippen LogP contribution is 2.42. The Labute approximate surface area is 147 Å². The van der Waals surface area contributed by atoms with E-state index in [1.165, 1.54) is 16.8 Å². The number of aryl methyl sites for hydroxylation is 1. The van der Waals surface area contributed by atoms with E-state index in [0.29, 0.717) is 0 Å². The van der Waals surface area contributed by atoms with Crippen LogP contribution in [0, 0.1) is 6.92 Å². The van der Waals surface area contributed by atoms with Gasteiger partial charge in [0, 0.05) is 24.8 Å². The molecule has 0 heterocycles. The van der Waals surface area contributed by atoms with Crippen molar-refractivity contribution in [1.82, 2.24) is 4.67 Å². The standard InChI is InChI=1S/C13H21Cl2N2O4PS/c1-12-2-4-13(5-3-12)23(19,20)11-10-21-22(16,18)17(8-6-14)9-7-15/h2-5H,6-11H2,1H3,(H2,16,18). The van der Waals surface area contributed by atoms with Crippen LogP contribution < -0.4 is 5.50 Å². The fraction of sp³-hybridized carbons (Fsp3) is 0.538. The number of hydrogen-bond acceptors (Lipinski definition) is 4. The normalized spacial score (nSPS) is 14.8. The lowest BCUT2D eigenvalue weighted by Crippen LogP contribution is -2.30. The molecule has 0 aromatic heterocycles. The van der Waals surface area contributed by atoms with Crippen molar-refractivity contribution in [3.63, 3.8) is 0 Å². The van der Waals surface area contributed by atoms with Gasteiger partial charge in [-0.3, -0.25) is 4.57 Å². The summed E-state index contributed by atoms with van der Waals surface area (Å²) in [6, 6.07) is 6.48. The summed E-state index contributed by atoms with van der Waals surface area (Å²) in [4.78, 5) is 0.192. The predicted molar refractivity (Wildman–Crippen MR) is 94.0 cm³/mol. The first-order chi connectivity index (χ1) is 10.7. The van der Waals surface area contributed by atoms with E-state index in [4.69, 9.17) is 33.2 Å². The quantitative estimate of drug-likeness (QED) is 0.477. The monoisotopic (exact) mass is 402 g/mol. The molecule has 0 amide bonds. The van der Waals surface area contributed by atoms with Crippen molar-refractivity contribution in [3.05, 3.63) is 29.8 Å². The van der Waals surface area contributed by atoms with E-state index in [2.05, 4.69) is 0 Å². The molecule has 0 aliphatic rings. The van der Waals surface area contributed by atoms with Crippen LogP contribution in [0.15, 0.2) is 29.2 Å². The predicted octanol–water partition coefficient (Wildman–Crippen LogP) is 2.63. The van der Waals surface area contributed by atoms with Gasteiger partial charge in [-0.1, -0.05) is 17.7 Å². The number of hydrogen-bond donors (Lipinski definition) is 1. The molecule has 2 N–H and O–H groups in total. The molecule has 1 aromatic rings. The molecule has 0 aliphatic heterocycles. The first-order valence-corrected chi connectivity index (χ1v) is 11.3. The number of nitrogens with two attached hydrogens (primary N) is 1. The van der Waals surface area contributed by atoms with Gasteiger partial charge in [-0.15, -0.1) is 23.2 Å². The number of rotatable bonds is 10. The molecule has 1 atom stereocenters. The Hall–Kier alpha value is -0.140. The summed E-state index contributed by atoms with van der Waals surface area (Å²) in [5, 5.41) is 0. The summed E-state index contributed by atoms with van der Waals surface area (Å²) < 4.78 is 43.2. The average Bonchev–Trinajstić information content (AvgIpc) is 2.47. The van der Waals surface area contributed by atoms with E-state index < -0.39 is 17.5 Å². The van der Waals surface area contributed by atoms with Crippen molar-refractivity contribution >= 4 is 40.7 Å². The maximum atomic E-state index is 12.3. The molecule has 0 saturated heterocycles. The van der Waals surface area contributed by atoms with E-state index in [0.717, 1.165) is 5.56 Å². The van der Waals surface area contributed by atoms with Gasteiger partial charge in [0.05, 0.1) is 17.3 Å².